The lowest BCUT2D eigenvalue weighted by molar-refractivity contribution is -0.137. The Balaban J connectivity index is 1.60. The van der Waals surface area contributed by atoms with Gasteiger partial charge in [-0.15, -0.1) is 0 Å². The van der Waals surface area contributed by atoms with Crippen molar-refractivity contribution in [2.45, 2.75) is 19.1 Å². The molecule has 1 fully saturated rings. The third kappa shape index (κ3) is 3.92. The summed E-state index contributed by atoms with van der Waals surface area (Å²) < 4.78 is 42.5. The van der Waals surface area contributed by atoms with Gasteiger partial charge in [0, 0.05) is 32.4 Å². The number of pyridine rings is 1. The van der Waals surface area contributed by atoms with Crippen molar-refractivity contribution in [1.82, 2.24) is 15.0 Å². The van der Waals surface area contributed by atoms with E-state index in [9.17, 15) is 18.0 Å². The van der Waals surface area contributed by atoms with Gasteiger partial charge in [0.2, 0.25) is 5.91 Å². The Kier molecular flexibility index (Phi) is 4.65. The van der Waals surface area contributed by atoms with Gasteiger partial charge in [-0.2, -0.15) is 13.2 Å². The molecule has 25 heavy (non-hydrogen) atoms. The molecule has 134 valence electrons. The summed E-state index contributed by atoms with van der Waals surface area (Å²) >= 11 is 0. The first-order valence-electron chi connectivity index (χ1n) is 7.77. The molecule has 3 heterocycles. The van der Waals surface area contributed by atoms with Crippen LogP contribution in [0.4, 0.5) is 19.0 Å². The highest BCUT2D eigenvalue weighted by molar-refractivity contribution is 5.80. The zero-order valence-corrected chi connectivity index (χ0v) is 13.5. The number of anilines is 1. The van der Waals surface area contributed by atoms with Gasteiger partial charge in [0.05, 0.1) is 18.0 Å². The molecule has 2 aromatic heterocycles. The van der Waals surface area contributed by atoms with Gasteiger partial charge in [-0.1, -0.05) is 5.16 Å². The van der Waals surface area contributed by atoms with E-state index in [4.69, 9.17) is 4.52 Å². The molecular formula is C16H17F3N4O2. The van der Waals surface area contributed by atoms with E-state index >= 15 is 0 Å². The van der Waals surface area contributed by atoms with Crippen LogP contribution >= 0.6 is 0 Å². The Morgan fingerprint density at radius 2 is 2.20 bits per heavy atom. The number of halogens is 3. The normalized spacial score (nSPS) is 17.8. The smallest absolute Gasteiger partial charge is 0.364 e. The number of hydrogen-bond acceptors (Lipinski definition) is 5. The van der Waals surface area contributed by atoms with Crippen molar-refractivity contribution < 1.29 is 22.5 Å². The van der Waals surface area contributed by atoms with Crippen LogP contribution in [0.5, 0.6) is 0 Å². The Bertz CT molecular complexity index is 716. The lowest BCUT2D eigenvalue weighted by Crippen LogP contribution is -2.34. The minimum Gasteiger partial charge on any atom is -0.364 e. The summed E-state index contributed by atoms with van der Waals surface area (Å²) in [5.74, 6) is 0.195. The second-order valence-electron chi connectivity index (χ2n) is 6.02. The van der Waals surface area contributed by atoms with Gasteiger partial charge in [-0.05, 0) is 18.6 Å². The number of amides is 1. The third-order valence-corrected chi connectivity index (χ3v) is 4.20. The van der Waals surface area contributed by atoms with Gasteiger partial charge < -0.3 is 14.3 Å². The van der Waals surface area contributed by atoms with E-state index in [-0.39, 0.29) is 11.8 Å². The van der Waals surface area contributed by atoms with Crippen LogP contribution in [0.15, 0.2) is 35.2 Å². The first kappa shape index (κ1) is 17.2. The van der Waals surface area contributed by atoms with Crippen LogP contribution in [0.1, 0.15) is 17.7 Å². The van der Waals surface area contributed by atoms with Crippen LogP contribution in [-0.2, 0) is 17.5 Å². The second-order valence-corrected chi connectivity index (χ2v) is 6.02. The second kappa shape index (κ2) is 6.73. The number of nitrogens with zero attached hydrogens (tertiary/aromatic N) is 4. The average molecular weight is 354 g/mol. The van der Waals surface area contributed by atoms with Crippen LogP contribution in [0.25, 0.3) is 0 Å². The number of carbonyl (C=O) groups is 1. The summed E-state index contributed by atoms with van der Waals surface area (Å²) in [5, 5.41) is 3.77. The largest absolute Gasteiger partial charge is 0.417 e. The van der Waals surface area contributed by atoms with Crippen molar-refractivity contribution >= 4 is 11.7 Å². The van der Waals surface area contributed by atoms with Gasteiger partial charge in [0.15, 0.2) is 0 Å². The Morgan fingerprint density at radius 1 is 1.40 bits per heavy atom. The lowest BCUT2D eigenvalue weighted by Gasteiger charge is -2.21. The van der Waals surface area contributed by atoms with E-state index in [0.29, 0.717) is 37.6 Å². The van der Waals surface area contributed by atoms with Crippen molar-refractivity contribution in [3.63, 3.8) is 0 Å². The molecule has 0 unspecified atom stereocenters. The SMILES string of the molecule is CN(Cc1ccon1)C(=O)[C@@H]1CCN(c2ccc(C(F)(F)F)cn2)C1. The number of carbonyl (C=O) groups excluding carboxylic acids is 1. The molecular weight excluding hydrogens is 337 g/mol. The first-order chi connectivity index (χ1) is 11.8. The van der Waals surface area contributed by atoms with Crippen molar-refractivity contribution in [1.29, 1.82) is 0 Å². The molecule has 2 aromatic rings. The fraction of sp³-hybridized carbons (Fsp3) is 0.438. The van der Waals surface area contributed by atoms with Gasteiger partial charge in [-0.25, -0.2) is 4.98 Å². The van der Waals surface area contributed by atoms with Crippen LogP contribution in [0.2, 0.25) is 0 Å². The van der Waals surface area contributed by atoms with Crippen LogP contribution in [0.3, 0.4) is 0 Å². The molecule has 1 saturated heterocycles. The molecule has 0 aliphatic carbocycles. The molecule has 0 radical (unpaired) electrons. The highest BCUT2D eigenvalue weighted by Gasteiger charge is 2.33. The number of aromatic nitrogens is 2. The zero-order valence-electron chi connectivity index (χ0n) is 13.5. The van der Waals surface area contributed by atoms with Gasteiger partial charge in [0.25, 0.3) is 0 Å². The number of alkyl halides is 3. The number of rotatable bonds is 4. The average Bonchev–Trinajstić information content (AvgIpc) is 3.25. The van der Waals surface area contributed by atoms with Gasteiger partial charge in [-0.3, -0.25) is 4.79 Å². The number of hydrogen-bond donors (Lipinski definition) is 0. The topological polar surface area (TPSA) is 62.5 Å². The molecule has 1 aliphatic heterocycles. The molecule has 0 bridgehead atoms. The quantitative estimate of drug-likeness (QED) is 0.845. The Hall–Kier alpha value is -2.58. The van der Waals surface area contributed by atoms with Crippen molar-refractivity contribution in [2.75, 3.05) is 25.0 Å². The van der Waals surface area contributed by atoms with E-state index in [1.807, 2.05) is 4.90 Å². The van der Waals surface area contributed by atoms with Gasteiger partial charge >= 0.3 is 6.18 Å². The molecule has 3 rings (SSSR count). The first-order valence-corrected chi connectivity index (χ1v) is 7.77. The van der Waals surface area contributed by atoms with Crippen LogP contribution in [0, 0.1) is 5.92 Å². The maximum Gasteiger partial charge on any atom is 0.417 e. The molecule has 0 saturated carbocycles. The summed E-state index contributed by atoms with van der Waals surface area (Å²) in [6.07, 6.45) is -1.51. The molecule has 6 nitrogen and oxygen atoms in total. The summed E-state index contributed by atoms with van der Waals surface area (Å²) in [4.78, 5) is 19.8. The summed E-state index contributed by atoms with van der Waals surface area (Å²) in [5.41, 5.74) is -0.120. The molecule has 9 heteroatoms. The molecule has 0 spiro atoms. The highest BCUT2D eigenvalue weighted by Crippen LogP contribution is 2.30. The fourth-order valence-electron chi connectivity index (χ4n) is 2.86. The summed E-state index contributed by atoms with van der Waals surface area (Å²) in [6, 6.07) is 4.04. The van der Waals surface area contributed by atoms with E-state index in [2.05, 4.69) is 10.1 Å². The molecule has 1 aliphatic rings. The fourth-order valence-corrected chi connectivity index (χ4v) is 2.86. The molecule has 0 aromatic carbocycles. The van der Waals surface area contributed by atoms with Crippen molar-refractivity contribution in [3.05, 3.63) is 41.9 Å². The van der Waals surface area contributed by atoms with Gasteiger partial charge in [0.1, 0.15) is 17.8 Å². The summed E-state index contributed by atoms with van der Waals surface area (Å²) in [7, 11) is 1.69. The van der Waals surface area contributed by atoms with Crippen molar-refractivity contribution in [2.24, 2.45) is 5.92 Å². The van der Waals surface area contributed by atoms with E-state index in [1.165, 1.54) is 12.3 Å². The van der Waals surface area contributed by atoms with E-state index in [1.54, 1.807) is 18.0 Å². The zero-order chi connectivity index (χ0) is 18.0. The van der Waals surface area contributed by atoms with E-state index in [0.717, 1.165) is 12.3 Å². The standard InChI is InChI=1S/C16H17F3N4O2/c1-22(10-13-5-7-25-21-13)15(24)11-4-6-23(9-11)14-3-2-12(8-20-14)16(17,18)19/h2-3,5,7-8,11H,4,6,9-10H2,1H3/t11-/m1/s1. The van der Waals surface area contributed by atoms with E-state index < -0.39 is 11.7 Å². The minimum atomic E-state index is -4.40. The lowest BCUT2D eigenvalue weighted by atomic mass is 10.1. The maximum absolute atomic E-state index is 12.6. The predicted octanol–water partition coefficient (Wildman–Crippen LogP) is 2.57. The van der Waals surface area contributed by atoms with Crippen LogP contribution in [-0.4, -0.2) is 41.1 Å². The monoisotopic (exact) mass is 354 g/mol. The van der Waals surface area contributed by atoms with Crippen molar-refractivity contribution in [3.8, 4) is 0 Å². The summed E-state index contributed by atoms with van der Waals surface area (Å²) in [6.45, 7) is 1.36. The predicted molar refractivity (Wildman–Crippen MR) is 82.5 cm³/mol. The molecule has 1 amide bonds. The minimum absolute atomic E-state index is 0.0302. The third-order valence-electron chi connectivity index (χ3n) is 4.20. The molecule has 0 N–H and O–H groups in total. The Morgan fingerprint density at radius 3 is 2.80 bits per heavy atom. The molecule has 1 atom stereocenters. The highest BCUT2D eigenvalue weighted by atomic mass is 19.4. The van der Waals surface area contributed by atoms with Crippen LogP contribution < -0.4 is 4.90 Å². The maximum atomic E-state index is 12.6. The Labute approximate surface area is 142 Å².